The van der Waals surface area contributed by atoms with Crippen molar-refractivity contribution in [2.75, 3.05) is 20.2 Å². The molecule has 1 aromatic heterocycles. The molecule has 0 spiro atoms. The van der Waals surface area contributed by atoms with Crippen LogP contribution in [0.25, 0.3) is 0 Å². The molecule has 0 aliphatic carbocycles. The van der Waals surface area contributed by atoms with Gasteiger partial charge in [0, 0.05) is 25.6 Å². The summed E-state index contributed by atoms with van der Waals surface area (Å²) in [4.78, 5) is 51.4. The molecule has 2 rings (SSSR count). The summed E-state index contributed by atoms with van der Waals surface area (Å²) in [6.07, 6.45) is 1.18. The van der Waals surface area contributed by atoms with Crippen LogP contribution in [0.5, 0.6) is 5.75 Å². The third kappa shape index (κ3) is 8.46. The van der Waals surface area contributed by atoms with Gasteiger partial charge in [-0.3, -0.25) is 4.79 Å². The first-order valence-electron chi connectivity index (χ1n) is 12.0. The zero-order chi connectivity index (χ0) is 27.3. The molecule has 0 bridgehead atoms. The maximum Gasteiger partial charge on any atom is 0.410 e. The van der Waals surface area contributed by atoms with Gasteiger partial charge < -0.3 is 34.0 Å². The number of nitrogens with one attached hydrogen (secondary N) is 1. The standard InChI is InChI=1S/C25H38N2O9/c1-23(2,3)35-21(31)26-25(11-8-9-13-27(15-25)22(32)36-24(4,5)6)12-10-16-14-17(28)18(29)19(34-16)20(30)33-7/h14,29H,8-13,15H2,1-7H3,(H,26,31). The topological polar surface area (TPSA) is 145 Å². The lowest BCUT2D eigenvalue weighted by Gasteiger charge is -2.38. The van der Waals surface area contributed by atoms with Crippen LogP contribution in [0.15, 0.2) is 15.3 Å². The van der Waals surface area contributed by atoms with Crippen molar-refractivity contribution >= 4 is 18.2 Å². The molecule has 11 nitrogen and oxygen atoms in total. The summed E-state index contributed by atoms with van der Waals surface area (Å²) in [7, 11) is 1.10. The minimum atomic E-state index is -0.987. The summed E-state index contributed by atoms with van der Waals surface area (Å²) in [5.41, 5.74) is -3.15. The van der Waals surface area contributed by atoms with Gasteiger partial charge in [0.05, 0.1) is 12.6 Å². The highest BCUT2D eigenvalue weighted by molar-refractivity contribution is 5.88. The largest absolute Gasteiger partial charge is 0.501 e. The summed E-state index contributed by atoms with van der Waals surface area (Å²) >= 11 is 0. The molecule has 1 unspecified atom stereocenters. The van der Waals surface area contributed by atoms with Crippen molar-refractivity contribution in [3.05, 3.63) is 27.8 Å². The van der Waals surface area contributed by atoms with Crippen LogP contribution in [0.3, 0.4) is 0 Å². The molecule has 1 aliphatic rings. The summed E-state index contributed by atoms with van der Waals surface area (Å²) in [6.45, 7) is 11.2. The van der Waals surface area contributed by atoms with E-state index in [4.69, 9.17) is 13.9 Å². The number of nitrogens with zero attached hydrogens (tertiary/aromatic N) is 1. The predicted molar refractivity (Wildman–Crippen MR) is 130 cm³/mol. The molecule has 11 heteroatoms. The Morgan fingerprint density at radius 2 is 1.75 bits per heavy atom. The third-order valence-corrected chi connectivity index (χ3v) is 5.44. The Hall–Kier alpha value is -3.24. The van der Waals surface area contributed by atoms with E-state index in [-0.39, 0.29) is 25.1 Å². The minimum Gasteiger partial charge on any atom is -0.501 e. The average Bonchev–Trinajstić information content (AvgIpc) is 2.94. The molecule has 202 valence electrons. The highest BCUT2D eigenvalue weighted by Crippen LogP contribution is 2.28. The zero-order valence-electron chi connectivity index (χ0n) is 22.2. The fourth-order valence-electron chi connectivity index (χ4n) is 3.91. The van der Waals surface area contributed by atoms with Gasteiger partial charge in [0.25, 0.3) is 5.76 Å². The number of hydrogen-bond acceptors (Lipinski definition) is 9. The van der Waals surface area contributed by atoms with Gasteiger partial charge in [0.15, 0.2) is 0 Å². The van der Waals surface area contributed by atoms with E-state index < -0.39 is 51.8 Å². The first-order valence-corrected chi connectivity index (χ1v) is 12.0. The SMILES string of the molecule is COC(=O)c1oc(CCC2(NC(=O)OC(C)(C)C)CCCCN(C(=O)OC(C)(C)C)C2)cc(=O)c1O. The Balaban J connectivity index is 2.37. The van der Waals surface area contributed by atoms with Gasteiger partial charge in [-0.15, -0.1) is 0 Å². The monoisotopic (exact) mass is 510 g/mol. The van der Waals surface area contributed by atoms with E-state index in [1.807, 2.05) is 0 Å². The van der Waals surface area contributed by atoms with Gasteiger partial charge in [-0.2, -0.15) is 0 Å². The van der Waals surface area contributed by atoms with Crippen LogP contribution in [0.4, 0.5) is 9.59 Å². The minimum absolute atomic E-state index is 0.122. The smallest absolute Gasteiger partial charge is 0.410 e. The first-order chi connectivity index (χ1) is 16.5. The number of alkyl carbamates (subject to hydrolysis) is 1. The van der Waals surface area contributed by atoms with Crippen LogP contribution in [-0.4, -0.2) is 65.1 Å². The Morgan fingerprint density at radius 1 is 1.11 bits per heavy atom. The summed E-state index contributed by atoms with van der Waals surface area (Å²) in [5, 5.41) is 12.9. The van der Waals surface area contributed by atoms with Gasteiger partial charge in [-0.1, -0.05) is 0 Å². The molecule has 1 fully saturated rings. The van der Waals surface area contributed by atoms with Gasteiger partial charge in [-0.05, 0) is 67.2 Å². The molecule has 36 heavy (non-hydrogen) atoms. The molecule has 2 heterocycles. The second kappa shape index (κ2) is 11.2. The van der Waals surface area contributed by atoms with Crippen molar-refractivity contribution in [1.82, 2.24) is 10.2 Å². The quantitative estimate of drug-likeness (QED) is 0.447. The molecule has 1 aliphatic heterocycles. The number of hydrogen-bond donors (Lipinski definition) is 2. The second-order valence-electron chi connectivity index (χ2n) is 11.0. The van der Waals surface area contributed by atoms with E-state index in [2.05, 4.69) is 10.1 Å². The third-order valence-electron chi connectivity index (χ3n) is 5.44. The van der Waals surface area contributed by atoms with Crippen molar-refractivity contribution in [1.29, 1.82) is 0 Å². The molecule has 2 amide bonds. The number of carbonyl (C=O) groups excluding carboxylic acids is 3. The number of aromatic hydroxyl groups is 1. The van der Waals surface area contributed by atoms with Crippen molar-refractivity contribution in [2.45, 2.75) is 90.4 Å². The lowest BCUT2D eigenvalue weighted by molar-refractivity contribution is 0.0164. The van der Waals surface area contributed by atoms with E-state index in [9.17, 15) is 24.3 Å². The molecule has 1 saturated heterocycles. The fourth-order valence-corrected chi connectivity index (χ4v) is 3.91. The van der Waals surface area contributed by atoms with E-state index in [1.165, 1.54) is 0 Å². The molecule has 2 N–H and O–H groups in total. The highest BCUT2D eigenvalue weighted by Gasteiger charge is 2.39. The zero-order valence-corrected chi connectivity index (χ0v) is 22.2. The second-order valence-corrected chi connectivity index (χ2v) is 11.0. The van der Waals surface area contributed by atoms with Gasteiger partial charge in [0.2, 0.25) is 11.2 Å². The molecule has 0 radical (unpaired) electrons. The predicted octanol–water partition coefficient (Wildman–Crippen LogP) is 3.75. The van der Waals surface area contributed by atoms with Crippen molar-refractivity contribution in [2.24, 2.45) is 0 Å². The number of ether oxygens (including phenoxy) is 3. The number of likely N-dealkylation sites (tertiary alicyclic amines) is 1. The van der Waals surface area contributed by atoms with Crippen LogP contribution in [0, 0.1) is 0 Å². The average molecular weight is 511 g/mol. The normalized spacial score (nSPS) is 18.7. The van der Waals surface area contributed by atoms with Crippen LogP contribution in [-0.2, 0) is 20.6 Å². The number of amides is 2. The summed E-state index contributed by atoms with van der Waals surface area (Å²) in [6, 6.07) is 1.09. The van der Waals surface area contributed by atoms with Crippen LogP contribution < -0.4 is 10.7 Å². The Labute approximate surface area is 211 Å². The Kier molecular flexibility index (Phi) is 9.03. The fraction of sp³-hybridized carbons (Fsp3) is 0.680. The Bertz CT molecular complexity index is 1020. The number of rotatable bonds is 5. The van der Waals surface area contributed by atoms with Gasteiger partial charge in [-0.25, -0.2) is 14.4 Å². The summed E-state index contributed by atoms with van der Waals surface area (Å²) in [5.74, 6) is -2.29. The van der Waals surface area contributed by atoms with E-state index >= 15 is 0 Å². The maximum atomic E-state index is 12.9. The van der Waals surface area contributed by atoms with Crippen molar-refractivity contribution in [3.8, 4) is 5.75 Å². The molecule has 1 aromatic rings. The van der Waals surface area contributed by atoms with Gasteiger partial charge >= 0.3 is 18.2 Å². The number of esters is 1. The Morgan fingerprint density at radius 3 is 2.33 bits per heavy atom. The number of methoxy groups -OCH3 is 1. The first kappa shape index (κ1) is 29.0. The molecule has 0 aromatic carbocycles. The number of carbonyl (C=O) groups is 3. The van der Waals surface area contributed by atoms with E-state index in [0.29, 0.717) is 25.8 Å². The van der Waals surface area contributed by atoms with Crippen LogP contribution >= 0.6 is 0 Å². The van der Waals surface area contributed by atoms with Crippen LogP contribution in [0.2, 0.25) is 0 Å². The van der Waals surface area contributed by atoms with E-state index in [1.54, 1.807) is 46.4 Å². The highest BCUT2D eigenvalue weighted by atomic mass is 16.6. The maximum absolute atomic E-state index is 12.9. The molecular weight excluding hydrogens is 472 g/mol. The number of aryl methyl sites for hydroxylation is 1. The molecule has 0 saturated carbocycles. The van der Waals surface area contributed by atoms with E-state index in [0.717, 1.165) is 13.2 Å². The van der Waals surface area contributed by atoms with Crippen molar-refractivity contribution in [3.63, 3.8) is 0 Å². The summed E-state index contributed by atoms with van der Waals surface area (Å²) < 4.78 is 21.1. The lowest BCUT2D eigenvalue weighted by atomic mass is 9.87. The molecular formula is C25H38N2O9. The van der Waals surface area contributed by atoms with Gasteiger partial charge in [0.1, 0.15) is 17.0 Å². The van der Waals surface area contributed by atoms with Crippen LogP contribution in [0.1, 0.15) is 83.5 Å². The van der Waals surface area contributed by atoms with Crippen molar-refractivity contribution < 1.29 is 38.1 Å². The molecule has 1 atom stereocenters. The lowest BCUT2D eigenvalue weighted by Crippen LogP contribution is -2.57.